The van der Waals surface area contributed by atoms with Crippen LogP contribution in [0.5, 0.6) is 0 Å². The number of hydrogen-bond donors (Lipinski definition) is 0. The van der Waals surface area contributed by atoms with E-state index in [2.05, 4.69) is 172 Å². The maximum Gasteiger partial charge on any atom is 0.192 e. The molecule has 59 heavy (non-hydrogen) atoms. The van der Waals surface area contributed by atoms with E-state index in [1.165, 1.54) is 54.1 Å². The van der Waals surface area contributed by atoms with Crippen LogP contribution in [-0.2, 0) is 5.41 Å². The van der Waals surface area contributed by atoms with Crippen molar-refractivity contribution in [1.29, 1.82) is 0 Å². The highest BCUT2D eigenvalue weighted by Gasteiger charge is 2.52. The lowest BCUT2D eigenvalue weighted by molar-refractivity contribution is 0.103. The normalized spacial score (nSPS) is 15.7. The van der Waals surface area contributed by atoms with Crippen molar-refractivity contribution >= 4 is 48.5 Å². The molecular weight excluding hydrogens is 749 g/mol. The molecule has 0 atom stereocenters. The van der Waals surface area contributed by atoms with E-state index in [9.17, 15) is 0 Å². The predicted octanol–water partition coefficient (Wildman–Crippen LogP) is 10.1. The zero-order valence-corrected chi connectivity index (χ0v) is 35.5. The second kappa shape index (κ2) is 11.8. The van der Waals surface area contributed by atoms with Crippen molar-refractivity contribution in [3.05, 3.63) is 214 Å². The number of hydrogen-bond acceptors (Lipinski definition) is 2. The van der Waals surface area contributed by atoms with Crippen LogP contribution in [0, 0.1) is 0 Å². The molecule has 4 heteroatoms. The standard InChI is InChI=1S/C55H40O2Si2/c1-58(2)49-25-11-7-17-39(49)41-19-13-21-43(53(41)58)51(56)33-27-29-37-35-15-5-9-23-45(35)55(47(37)31-33)46-24-10-6-16-36(46)38-30-28-34(32-48(38)55)52(57)44-22-14-20-42-40-18-8-12-26-50(40)59(3,4)54(42)44/h5-32H,1-4H3. The van der Waals surface area contributed by atoms with E-state index in [4.69, 9.17) is 0 Å². The molecule has 4 aliphatic rings. The van der Waals surface area contributed by atoms with E-state index in [1.54, 1.807) is 0 Å². The number of fused-ring (bicyclic) bond motifs is 16. The van der Waals surface area contributed by atoms with Crippen LogP contribution >= 0.6 is 0 Å². The van der Waals surface area contributed by atoms with Gasteiger partial charge in [-0.3, -0.25) is 9.59 Å². The number of carbonyl (C=O) groups is 2. The third kappa shape index (κ3) is 4.30. The van der Waals surface area contributed by atoms with Gasteiger partial charge in [0.05, 0.1) is 5.41 Å². The summed E-state index contributed by atoms with van der Waals surface area (Å²) in [6.07, 6.45) is 0. The Labute approximate surface area is 346 Å². The number of rotatable bonds is 4. The van der Waals surface area contributed by atoms with Gasteiger partial charge in [0, 0.05) is 22.3 Å². The van der Waals surface area contributed by atoms with E-state index in [-0.39, 0.29) is 11.6 Å². The minimum absolute atomic E-state index is 0.0604. The van der Waals surface area contributed by atoms with Gasteiger partial charge in [-0.05, 0) is 99.6 Å². The molecule has 12 rings (SSSR count). The predicted molar refractivity (Wildman–Crippen MR) is 247 cm³/mol. The summed E-state index contributed by atoms with van der Waals surface area (Å²) in [7, 11) is -4.30. The molecule has 2 nitrogen and oxygen atoms in total. The fourth-order valence-corrected chi connectivity index (χ4v) is 18.7. The molecule has 0 saturated carbocycles. The zero-order chi connectivity index (χ0) is 40.0. The first-order chi connectivity index (χ1) is 28.6. The Morgan fingerprint density at radius 3 is 1.15 bits per heavy atom. The summed E-state index contributed by atoms with van der Waals surface area (Å²) in [5.74, 6) is 0.121. The van der Waals surface area contributed by atoms with E-state index in [0.29, 0.717) is 11.1 Å². The Morgan fingerprint density at radius 1 is 0.356 bits per heavy atom. The molecule has 0 bridgehead atoms. The largest absolute Gasteiger partial charge is 0.289 e. The van der Waals surface area contributed by atoms with Crippen molar-refractivity contribution in [3.8, 4) is 44.5 Å². The summed E-state index contributed by atoms with van der Waals surface area (Å²) < 4.78 is 0. The Morgan fingerprint density at radius 2 is 0.712 bits per heavy atom. The SMILES string of the molecule is C[Si]1(C)c2ccccc2-c2cccc(C(=O)c3ccc4c(c3)C3(c5ccccc5-4)c4ccccc4-c4ccc(C(=O)c5cccc6c5[Si](C)(C)c5ccccc5-6)cc43)c21. The lowest BCUT2D eigenvalue weighted by Crippen LogP contribution is -2.51. The molecule has 2 aliphatic heterocycles. The van der Waals surface area contributed by atoms with Crippen LogP contribution in [0.25, 0.3) is 44.5 Å². The van der Waals surface area contributed by atoms with E-state index in [1.807, 2.05) is 24.3 Å². The molecule has 0 aromatic heterocycles. The number of ketones is 2. The summed E-state index contributed by atoms with van der Waals surface area (Å²) in [6.45, 7) is 9.50. The number of benzene rings is 8. The van der Waals surface area contributed by atoms with Gasteiger partial charge in [0.1, 0.15) is 16.1 Å². The topological polar surface area (TPSA) is 34.1 Å². The van der Waals surface area contributed by atoms with Gasteiger partial charge in [0.2, 0.25) is 0 Å². The summed E-state index contributed by atoms with van der Waals surface area (Å²) in [5.41, 5.74) is 16.3. The summed E-state index contributed by atoms with van der Waals surface area (Å²) in [4.78, 5) is 30.2. The highest BCUT2D eigenvalue weighted by molar-refractivity contribution is 7.05. The first kappa shape index (κ1) is 34.6. The van der Waals surface area contributed by atoms with Crippen molar-refractivity contribution in [2.24, 2.45) is 0 Å². The molecule has 1 spiro atoms. The molecule has 0 N–H and O–H groups in total. The van der Waals surface area contributed by atoms with Crippen LogP contribution in [0.2, 0.25) is 26.2 Å². The quantitative estimate of drug-likeness (QED) is 0.132. The molecule has 280 valence electrons. The zero-order valence-electron chi connectivity index (χ0n) is 33.5. The van der Waals surface area contributed by atoms with Gasteiger partial charge in [0.25, 0.3) is 0 Å². The third-order valence-corrected chi connectivity index (χ3v) is 21.4. The molecule has 2 aliphatic carbocycles. The lowest BCUT2D eigenvalue weighted by Gasteiger charge is -2.31. The van der Waals surface area contributed by atoms with Gasteiger partial charge < -0.3 is 0 Å². The van der Waals surface area contributed by atoms with Gasteiger partial charge in [-0.1, -0.05) is 184 Å². The fraction of sp³-hybridized carbons (Fsp3) is 0.0909. The van der Waals surface area contributed by atoms with Crippen LogP contribution in [-0.4, -0.2) is 27.7 Å². The minimum atomic E-state index is -2.15. The van der Waals surface area contributed by atoms with Gasteiger partial charge in [0.15, 0.2) is 11.6 Å². The lowest BCUT2D eigenvalue weighted by atomic mass is 9.70. The van der Waals surface area contributed by atoms with Crippen molar-refractivity contribution in [2.75, 3.05) is 0 Å². The van der Waals surface area contributed by atoms with Gasteiger partial charge in [-0.2, -0.15) is 0 Å². The Bertz CT molecular complexity index is 3010. The molecule has 2 heterocycles. The minimum Gasteiger partial charge on any atom is -0.289 e. The van der Waals surface area contributed by atoms with Crippen molar-refractivity contribution in [2.45, 2.75) is 31.6 Å². The summed E-state index contributed by atoms with van der Waals surface area (Å²) in [6, 6.07) is 60.2. The maximum atomic E-state index is 15.1. The van der Waals surface area contributed by atoms with Crippen molar-refractivity contribution < 1.29 is 9.59 Å². The number of carbonyl (C=O) groups excluding carboxylic acids is 2. The second-order valence-corrected chi connectivity index (χ2v) is 26.4. The van der Waals surface area contributed by atoms with Gasteiger partial charge in [-0.15, -0.1) is 0 Å². The smallest absolute Gasteiger partial charge is 0.192 e. The first-order valence-corrected chi connectivity index (χ1v) is 26.7. The molecule has 0 amide bonds. The Balaban J connectivity index is 1.06. The summed E-state index contributed by atoms with van der Waals surface area (Å²) in [5, 5.41) is 5.23. The molecular formula is C55H40O2Si2. The third-order valence-electron chi connectivity index (χ3n) is 14.3. The van der Waals surface area contributed by atoms with E-state index >= 15 is 9.59 Å². The van der Waals surface area contributed by atoms with E-state index < -0.39 is 21.6 Å². The molecule has 0 unspecified atom stereocenters. The Hall–Kier alpha value is -6.47. The van der Waals surface area contributed by atoms with Crippen LogP contribution in [0.1, 0.15) is 54.1 Å². The molecule has 0 saturated heterocycles. The molecule has 8 aromatic carbocycles. The van der Waals surface area contributed by atoms with Gasteiger partial charge >= 0.3 is 0 Å². The first-order valence-electron chi connectivity index (χ1n) is 20.7. The van der Waals surface area contributed by atoms with Gasteiger partial charge in [-0.25, -0.2) is 0 Å². The molecule has 0 fully saturated rings. The highest BCUT2D eigenvalue weighted by Crippen LogP contribution is 2.63. The highest BCUT2D eigenvalue weighted by atomic mass is 28.3. The average Bonchev–Trinajstić information content (AvgIpc) is 3.91. The fourth-order valence-electron chi connectivity index (χ4n) is 11.8. The maximum absolute atomic E-state index is 15.1. The second-order valence-electron chi connectivity index (χ2n) is 17.8. The molecule has 8 aromatic rings. The van der Waals surface area contributed by atoms with Crippen LogP contribution < -0.4 is 20.7 Å². The van der Waals surface area contributed by atoms with Crippen molar-refractivity contribution in [1.82, 2.24) is 0 Å². The van der Waals surface area contributed by atoms with Crippen molar-refractivity contribution in [3.63, 3.8) is 0 Å². The average molecular weight is 789 g/mol. The van der Waals surface area contributed by atoms with Crippen LogP contribution in [0.15, 0.2) is 170 Å². The van der Waals surface area contributed by atoms with Crippen LogP contribution in [0.3, 0.4) is 0 Å². The summed E-state index contributed by atoms with van der Waals surface area (Å²) >= 11 is 0. The van der Waals surface area contributed by atoms with Crippen LogP contribution in [0.4, 0.5) is 0 Å². The monoisotopic (exact) mass is 788 g/mol. The van der Waals surface area contributed by atoms with E-state index in [0.717, 1.165) is 44.5 Å². The molecule has 0 radical (unpaired) electrons. The Kier molecular flexibility index (Phi) is 6.92.